The van der Waals surface area contributed by atoms with Gasteiger partial charge in [-0.2, -0.15) is 13.2 Å². The first-order valence-electron chi connectivity index (χ1n) is 15.6. The molecule has 0 fully saturated rings. The second-order valence-electron chi connectivity index (χ2n) is 10.9. The second kappa shape index (κ2) is 17.2. The molecular formula is C36H40F3N3O4S. The van der Waals surface area contributed by atoms with Crippen molar-refractivity contribution in [3.8, 4) is 16.9 Å². The third-order valence-electron chi connectivity index (χ3n) is 7.37. The van der Waals surface area contributed by atoms with Crippen molar-refractivity contribution in [3.05, 3.63) is 102 Å². The Morgan fingerprint density at radius 2 is 1.70 bits per heavy atom. The fourth-order valence-electron chi connectivity index (χ4n) is 4.83. The number of carbonyl (C=O) groups is 1. The highest BCUT2D eigenvalue weighted by molar-refractivity contribution is 7.90. The van der Waals surface area contributed by atoms with E-state index in [0.717, 1.165) is 55.4 Å². The first-order valence-corrected chi connectivity index (χ1v) is 16.9. The maximum absolute atomic E-state index is 13.8. The number of imidazole rings is 1. The molecule has 11 heteroatoms. The molecule has 1 amide bonds. The van der Waals surface area contributed by atoms with Gasteiger partial charge in [0.25, 0.3) is 0 Å². The van der Waals surface area contributed by atoms with Crippen LogP contribution >= 0.6 is 0 Å². The first kappa shape index (κ1) is 35.8. The molecule has 1 aromatic heterocycles. The average Bonchev–Trinajstić information content (AvgIpc) is 3.39. The molecule has 0 radical (unpaired) electrons. The molecule has 1 atom stereocenters. The number of ether oxygens (including phenoxy) is 2. The number of rotatable bonds is 16. The summed E-state index contributed by atoms with van der Waals surface area (Å²) < 4.78 is 67.7. The van der Waals surface area contributed by atoms with Gasteiger partial charge in [-0.3, -0.25) is 4.79 Å². The lowest BCUT2D eigenvalue weighted by molar-refractivity contribution is -0.137. The largest absolute Gasteiger partial charge is 0.611 e. The summed E-state index contributed by atoms with van der Waals surface area (Å²) in [6.07, 6.45) is 2.36. The van der Waals surface area contributed by atoms with E-state index >= 15 is 0 Å². The van der Waals surface area contributed by atoms with Gasteiger partial charge in [0.2, 0.25) is 5.91 Å². The molecule has 1 N–H and O–H groups in total. The van der Waals surface area contributed by atoms with Crippen LogP contribution in [0.5, 0.6) is 5.75 Å². The van der Waals surface area contributed by atoms with Gasteiger partial charge in [-0.1, -0.05) is 38.5 Å². The first-order chi connectivity index (χ1) is 22.6. The fourth-order valence-corrected chi connectivity index (χ4v) is 6.05. The molecular weight excluding hydrogens is 627 g/mol. The summed E-state index contributed by atoms with van der Waals surface area (Å²) in [6, 6.07) is 17.4. The average molecular weight is 668 g/mol. The summed E-state index contributed by atoms with van der Waals surface area (Å²) in [5, 5.41) is 2.66. The monoisotopic (exact) mass is 667 g/mol. The summed E-state index contributed by atoms with van der Waals surface area (Å²) in [4.78, 5) is 17.6. The van der Waals surface area contributed by atoms with E-state index in [1.165, 1.54) is 12.1 Å². The fraction of sp³-hybridized carbons (Fsp3) is 0.333. The van der Waals surface area contributed by atoms with E-state index in [1.54, 1.807) is 54.9 Å². The SMILES string of the molecule is CCCCOCCOc1ccc(-c2ccc(C(F)(F)F)c(/C=C/C(=O)Nc3ccc([S+]([O-])Cc4c(C)ncn4CCC)cc3)c2)cc1. The Balaban J connectivity index is 1.40. The van der Waals surface area contributed by atoms with Gasteiger partial charge in [0.1, 0.15) is 12.4 Å². The molecule has 0 saturated carbocycles. The van der Waals surface area contributed by atoms with Crippen LogP contribution in [0.3, 0.4) is 0 Å². The van der Waals surface area contributed by atoms with Crippen LogP contribution in [0.1, 0.15) is 55.6 Å². The van der Waals surface area contributed by atoms with E-state index < -0.39 is 28.8 Å². The van der Waals surface area contributed by atoms with E-state index in [2.05, 4.69) is 24.1 Å². The topological polar surface area (TPSA) is 88.4 Å². The molecule has 0 aliphatic carbocycles. The molecule has 0 bridgehead atoms. The van der Waals surface area contributed by atoms with Gasteiger partial charge in [-0.05, 0) is 102 Å². The predicted molar refractivity (Wildman–Crippen MR) is 180 cm³/mol. The van der Waals surface area contributed by atoms with Gasteiger partial charge in [-0.25, -0.2) is 4.98 Å². The maximum Gasteiger partial charge on any atom is 0.416 e. The molecule has 1 unspecified atom stereocenters. The van der Waals surface area contributed by atoms with Crippen LogP contribution in [0, 0.1) is 6.92 Å². The quantitative estimate of drug-likeness (QED) is 0.0736. The molecule has 0 spiro atoms. The standard InChI is InChI=1S/C36H40F3N3O4S/c1-4-6-20-45-21-22-46-31-13-7-27(8-14-31)28-9-17-33(36(37,38)39)29(23-28)10-18-35(43)41-30-11-15-32(16-12-30)47(44)24-34-26(3)40-25-42(34)19-5-2/h7-18,23,25H,4-6,19-22,24H2,1-3H3,(H,41,43)/b18-10+. The number of aryl methyl sites for hydroxylation is 2. The van der Waals surface area contributed by atoms with Crippen molar-refractivity contribution in [1.29, 1.82) is 0 Å². The van der Waals surface area contributed by atoms with Crippen molar-refractivity contribution in [2.24, 2.45) is 0 Å². The Morgan fingerprint density at radius 1 is 0.979 bits per heavy atom. The highest BCUT2D eigenvalue weighted by Gasteiger charge is 2.32. The third-order valence-corrected chi connectivity index (χ3v) is 8.70. The lowest BCUT2D eigenvalue weighted by atomic mass is 9.98. The lowest BCUT2D eigenvalue weighted by Gasteiger charge is -2.14. The normalized spacial score (nSPS) is 12.4. The van der Waals surface area contributed by atoms with Gasteiger partial charge < -0.3 is 23.9 Å². The molecule has 4 aromatic rings. The van der Waals surface area contributed by atoms with E-state index in [4.69, 9.17) is 9.47 Å². The summed E-state index contributed by atoms with van der Waals surface area (Å²) in [5.41, 5.74) is 2.45. The summed E-state index contributed by atoms with van der Waals surface area (Å²) in [6.45, 7) is 8.40. The summed E-state index contributed by atoms with van der Waals surface area (Å²) in [7, 11) is 0. The van der Waals surface area contributed by atoms with E-state index in [-0.39, 0.29) is 5.56 Å². The van der Waals surface area contributed by atoms with Crippen LogP contribution in [0.25, 0.3) is 17.2 Å². The number of unbranched alkanes of at least 4 members (excludes halogenated alkanes) is 1. The van der Waals surface area contributed by atoms with E-state index in [0.29, 0.717) is 53.0 Å². The molecule has 0 saturated heterocycles. The Kier molecular flexibility index (Phi) is 13.1. The molecule has 250 valence electrons. The van der Waals surface area contributed by atoms with Gasteiger partial charge >= 0.3 is 6.18 Å². The van der Waals surface area contributed by atoms with Crippen molar-refractivity contribution >= 4 is 28.8 Å². The summed E-state index contributed by atoms with van der Waals surface area (Å²) in [5.74, 6) is 0.343. The van der Waals surface area contributed by atoms with Gasteiger partial charge in [0.15, 0.2) is 10.6 Å². The van der Waals surface area contributed by atoms with Crippen molar-refractivity contribution in [1.82, 2.24) is 9.55 Å². The number of anilines is 1. The molecule has 7 nitrogen and oxygen atoms in total. The minimum absolute atomic E-state index is 0.141. The third kappa shape index (κ3) is 10.5. The Bertz CT molecular complexity index is 1620. The van der Waals surface area contributed by atoms with Gasteiger partial charge in [0, 0.05) is 24.9 Å². The van der Waals surface area contributed by atoms with Crippen LogP contribution in [-0.4, -0.2) is 39.8 Å². The number of benzene rings is 3. The van der Waals surface area contributed by atoms with Crippen LogP contribution in [-0.2, 0) is 39.2 Å². The maximum atomic E-state index is 13.8. The van der Waals surface area contributed by atoms with Crippen LogP contribution in [0.2, 0.25) is 0 Å². The molecule has 4 rings (SSSR count). The highest BCUT2D eigenvalue weighted by Crippen LogP contribution is 2.35. The Morgan fingerprint density at radius 3 is 2.38 bits per heavy atom. The number of nitrogens with zero attached hydrogens (tertiary/aromatic N) is 2. The zero-order valence-corrected chi connectivity index (χ0v) is 27.6. The number of amides is 1. The summed E-state index contributed by atoms with van der Waals surface area (Å²) >= 11 is -1.33. The van der Waals surface area contributed by atoms with E-state index in [1.807, 2.05) is 11.5 Å². The number of hydrogen-bond acceptors (Lipinski definition) is 5. The van der Waals surface area contributed by atoms with Gasteiger partial charge in [-0.15, -0.1) is 0 Å². The zero-order valence-electron chi connectivity index (χ0n) is 26.8. The highest BCUT2D eigenvalue weighted by atomic mass is 32.2. The lowest BCUT2D eigenvalue weighted by Crippen LogP contribution is -2.12. The number of halogens is 3. The van der Waals surface area contributed by atoms with Crippen molar-refractivity contribution in [3.63, 3.8) is 0 Å². The molecule has 3 aromatic carbocycles. The minimum atomic E-state index is -4.61. The van der Waals surface area contributed by atoms with Crippen LogP contribution in [0.15, 0.2) is 84.0 Å². The number of hydrogen-bond donors (Lipinski definition) is 1. The van der Waals surface area contributed by atoms with Crippen LogP contribution in [0.4, 0.5) is 18.9 Å². The van der Waals surface area contributed by atoms with Crippen molar-refractivity contribution in [2.45, 2.75) is 63.4 Å². The van der Waals surface area contributed by atoms with Crippen molar-refractivity contribution in [2.75, 3.05) is 25.1 Å². The molecule has 0 aliphatic heterocycles. The molecule has 1 heterocycles. The minimum Gasteiger partial charge on any atom is -0.611 e. The van der Waals surface area contributed by atoms with E-state index in [9.17, 15) is 22.5 Å². The molecule has 47 heavy (non-hydrogen) atoms. The number of aromatic nitrogens is 2. The number of alkyl halides is 3. The smallest absolute Gasteiger partial charge is 0.416 e. The second-order valence-corrected chi connectivity index (χ2v) is 12.4. The Labute approximate surface area is 277 Å². The van der Waals surface area contributed by atoms with Gasteiger partial charge in [0.05, 0.1) is 29.9 Å². The number of carbonyl (C=O) groups excluding carboxylic acids is 1. The number of nitrogens with one attached hydrogen (secondary N) is 1. The molecule has 0 aliphatic rings. The predicted octanol–water partition coefficient (Wildman–Crippen LogP) is 8.44. The van der Waals surface area contributed by atoms with Crippen molar-refractivity contribution < 1.29 is 32.0 Å². The van der Waals surface area contributed by atoms with Crippen LogP contribution < -0.4 is 10.1 Å². The zero-order chi connectivity index (χ0) is 33.8. The Hall–Kier alpha value is -4.06.